The van der Waals surface area contributed by atoms with Gasteiger partial charge in [0.15, 0.2) is 11.6 Å². The highest BCUT2D eigenvalue weighted by molar-refractivity contribution is 9.10. The van der Waals surface area contributed by atoms with Gasteiger partial charge in [-0.2, -0.15) is 8.78 Å². The molecule has 0 saturated heterocycles. The molecule has 0 aliphatic rings. The van der Waals surface area contributed by atoms with Crippen molar-refractivity contribution < 1.29 is 27.8 Å². The number of carboxylic acids is 1. The molecule has 7 heteroatoms. The summed E-state index contributed by atoms with van der Waals surface area (Å²) in [4.78, 5) is 10.6. The molecule has 82 valence electrons. The number of carbonyl (C=O) groups is 1. The monoisotopic (exact) mass is 284 g/mol. The van der Waals surface area contributed by atoms with Crippen LogP contribution in [0.25, 0.3) is 0 Å². The maximum Gasteiger partial charge on any atom is 0.387 e. The molecule has 0 aromatic heterocycles. The van der Waals surface area contributed by atoms with Gasteiger partial charge in [0.25, 0.3) is 0 Å². The molecule has 1 rings (SSSR count). The Morgan fingerprint density at radius 1 is 1.47 bits per heavy atom. The SMILES string of the molecule is O=C(O)c1c(Br)ccc(OC(F)F)c1F. The number of carboxylic acid groups (broad SMARTS) is 1. The molecule has 15 heavy (non-hydrogen) atoms. The quantitative estimate of drug-likeness (QED) is 0.928. The molecule has 3 nitrogen and oxygen atoms in total. The lowest BCUT2D eigenvalue weighted by molar-refractivity contribution is -0.0523. The smallest absolute Gasteiger partial charge is 0.387 e. The summed E-state index contributed by atoms with van der Waals surface area (Å²) in [6, 6.07) is 2.03. The summed E-state index contributed by atoms with van der Waals surface area (Å²) < 4.78 is 40.6. The van der Waals surface area contributed by atoms with Gasteiger partial charge >= 0.3 is 12.6 Å². The van der Waals surface area contributed by atoms with Gasteiger partial charge in [-0.3, -0.25) is 0 Å². The third-order valence-electron chi connectivity index (χ3n) is 1.49. The molecule has 1 aromatic rings. The molecule has 1 aromatic carbocycles. The van der Waals surface area contributed by atoms with Crippen LogP contribution in [0.15, 0.2) is 16.6 Å². The van der Waals surface area contributed by atoms with Gasteiger partial charge in [0, 0.05) is 4.47 Å². The van der Waals surface area contributed by atoms with Crippen LogP contribution in [0.2, 0.25) is 0 Å². The highest BCUT2D eigenvalue weighted by Crippen LogP contribution is 2.28. The molecule has 0 amide bonds. The summed E-state index contributed by atoms with van der Waals surface area (Å²) in [5, 5.41) is 8.59. The summed E-state index contributed by atoms with van der Waals surface area (Å²) in [6.45, 7) is -3.21. The zero-order valence-electron chi connectivity index (χ0n) is 7.01. The van der Waals surface area contributed by atoms with Crippen LogP contribution in [0.1, 0.15) is 10.4 Å². The molecule has 0 aliphatic heterocycles. The molecular weight excluding hydrogens is 281 g/mol. The van der Waals surface area contributed by atoms with Crippen LogP contribution in [0.4, 0.5) is 13.2 Å². The van der Waals surface area contributed by atoms with E-state index in [4.69, 9.17) is 5.11 Å². The summed E-state index contributed by atoms with van der Waals surface area (Å²) in [6.07, 6.45) is 0. The van der Waals surface area contributed by atoms with E-state index in [1.54, 1.807) is 0 Å². The highest BCUT2D eigenvalue weighted by atomic mass is 79.9. The number of halogens is 4. The van der Waals surface area contributed by atoms with Crippen LogP contribution in [-0.4, -0.2) is 17.7 Å². The van der Waals surface area contributed by atoms with Crippen LogP contribution in [0, 0.1) is 5.82 Å². The van der Waals surface area contributed by atoms with Gasteiger partial charge in [-0.15, -0.1) is 0 Å². The zero-order valence-corrected chi connectivity index (χ0v) is 8.59. The third kappa shape index (κ3) is 2.62. The van der Waals surface area contributed by atoms with Gasteiger partial charge in [0.1, 0.15) is 5.56 Å². The first-order valence-corrected chi connectivity index (χ1v) is 4.39. The second kappa shape index (κ2) is 4.52. The van der Waals surface area contributed by atoms with Crippen LogP contribution in [0.5, 0.6) is 5.75 Å². The van der Waals surface area contributed by atoms with Gasteiger partial charge in [-0.25, -0.2) is 9.18 Å². The van der Waals surface area contributed by atoms with Crippen LogP contribution in [0.3, 0.4) is 0 Å². The number of aromatic carboxylic acids is 1. The van der Waals surface area contributed by atoms with E-state index in [-0.39, 0.29) is 4.47 Å². The number of rotatable bonds is 3. The number of ether oxygens (including phenoxy) is 1. The van der Waals surface area contributed by atoms with Crippen LogP contribution in [-0.2, 0) is 0 Å². The van der Waals surface area contributed by atoms with Crippen molar-refractivity contribution in [1.29, 1.82) is 0 Å². The maximum absolute atomic E-state index is 13.3. The number of hydrogen-bond donors (Lipinski definition) is 1. The average molecular weight is 285 g/mol. The summed E-state index contributed by atoms with van der Waals surface area (Å²) in [5.74, 6) is -3.71. The lowest BCUT2D eigenvalue weighted by Gasteiger charge is -2.08. The Morgan fingerprint density at radius 3 is 2.53 bits per heavy atom. The van der Waals surface area contributed by atoms with E-state index >= 15 is 0 Å². The summed E-state index contributed by atoms with van der Waals surface area (Å²) in [5.41, 5.74) is -0.742. The molecule has 0 fully saturated rings. The van der Waals surface area contributed by atoms with E-state index < -0.39 is 29.7 Å². The van der Waals surface area contributed by atoms with E-state index in [1.165, 1.54) is 0 Å². The maximum atomic E-state index is 13.3. The van der Waals surface area contributed by atoms with Crippen molar-refractivity contribution in [3.8, 4) is 5.75 Å². The van der Waals surface area contributed by atoms with Crippen molar-refractivity contribution >= 4 is 21.9 Å². The second-order valence-corrected chi connectivity index (χ2v) is 3.27. The van der Waals surface area contributed by atoms with Gasteiger partial charge in [0.05, 0.1) is 0 Å². The Labute approximate surface area is 90.6 Å². The minimum absolute atomic E-state index is 0.0471. The molecule has 0 radical (unpaired) electrons. The predicted octanol–water partition coefficient (Wildman–Crippen LogP) is 2.89. The first kappa shape index (κ1) is 11.8. The molecule has 0 heterocycles. The Morgan fingerprint density at radius 2 is 2.07 bits per heavy atom. The van der Waals surface area contributed by atoms with Crippen molar-refractivity contribution in [2.75, 3.05) is 0 Å². The van der Waals surface area contributed by atoms with Gasteiger partial charge in [0.2, 0.25) is 0 Å². The molecule has 0 atom stereocenters. The minimum Gasteiger partial charge on any atom is -0.478 e. The second-order valence-electron chi connectivity index (χ2n) is 2.42. The van der Waals surface area contributed by atoms with E-state index in [1.807, 2.05) is 0 Å². The van der Waals surface area contributed by atoms with E-state index in [0.717, 1.165) is 12.1 Å². The topological polar surface area (TPSA) is 46.5 Å². The fraction of sp³-hybridized carbons (Fsp3) is 0.125. The molecule has 0 unspecified atom stereocenters. The van der Waals surface area contributed by atoms with E-state index in [0.29, 0.717) is 0 Å². The summed E-state index contributed by atoms with van der Waals surface area (Å²) >= 11 is 2.78. The van der Waals surface area contributed by atoms with Crippen molar-refractivity contribution in [1.82, 2.24) is 0 Å². The Kier molecular flexibility index (Phi) is 3.57. The van der Waals surface area contributed by atoms with Gasteiger partial charge in [-0.1, -0.05) is 0 Å². The Hall–Kier alpha value is -1.24. The number of hydrogen-bond acceptors (Lipinski definition) is 2. The predicted molar refractivity (Wildman–Crippen MR) is 47.7 cm³/mol. The van der Waals surface area contributed by atoms with Crippen molar-refractivity contribution in [2.45, 2.75) is 6.61 Å². The minimum atomic E-state index is -3.21. The van der Waals surface area contributed by atoms with Crippen LogP contribution >= 0.6 is 15.9 Å². The standard InChI is InChI=1S/C8H4BrF3O3/c9-3-1-2-4(15-8(11)12)6(10)5(3)7(13)14/h1-2,8H,(H,13,14). The molecule has 1 N–H and O–H groups in total. The van der Waals surface area contributed by atoms with E-state index in [2.05, 4.69) is 20.7 Å². The molecule has 0 spiro atoms. The Balaban J connectivity index is 3.22. The van der Waals surface area contributed by atoms with E-state index in [9.17, 15) is 18.0 Å². The number of benzene rings is 1. The zero-order chi connectivity index (χ0) is 11.6. The van der Waals surface area contributed by atoms with Gasteiger partial charge < -0.3 is 9.84 Å². The fourth-order valence-electron chi connectivity index (χ4n) is 0.916. The lowest BCUT2D eigenvalue weighted by atomic mass is 10.2. The van der Waals surface area contributed by atoms with Crippen molar-refractivity contribution in [3.63, 3.8) is 0 Å². The third-order valence-corrected chi connectivity index (χ3v) is 2.15. The first-order chi connectivity index (χ1) is 6.93. The largest absolute Gasteiger partial charge is 0.478 e. The average Bonchev–Trinajstić information content (AvgIpc) is 2.09. The van der Waals surface area contributed by atoms with Crippen molar-refractivity contribution in [3.05, 3.63) is 28.0 Å². The molecule has 0 aliphatic carbocycles. The molecule has 0 bridgehead atoms. The summed E-state index contributed by atoms with van der Waals surface area (Å²) in [7, 11) is 0. The first-order valence-electron chi connectivity index (χ1n) is 3.59. The normalized spacial score (nSPS) is 10.5. The van der Waals surface area contributed by atoms with Gasteiger partial charge in [-0.05, 0) is 28.1 Å². The molecule has 0 saturated carbocycles. The van der Waals surface area contributed by atoms with Crippen LogP contribution < -0.4 is 4.74 Å². The fourth-order valence-corrected chi connectivity index (χ4v) is 1.39. The number of alkyl halides is 2. The van der Waals surface area contributed by atoms with Crippen molar-refractivity contribution in [2.24, 2.45) is 0 Å². The highest BCUT2D eigenvalue weighted by Gasteiger charge is 2.20. The Bertz CT molecular complexity index is 395. The molecular formula is C8H4BrF3O3. The lowest BCUT2D eigenvalue weighted by Crippen LogP contribution is -2.08.